The van der Waals surface area contributed by atoms with Crippen LogP contribution in [-0.2, 0) is 4.74 Å². The van der Waals surface area contributed by atoms with Crippen LogP contribution in [0.15, 0.2) is 72.8 Å². The average molecular weight is 491 g/mol. The first kappa shape index (κ1) is 24.5. The maximum atomic E-state index is 13.5. The average Bonchev–Trinajstić information content (AvgIpc) is 3.31. The monoisotopic (exact) mass is 491 g/mol. The van der Waals surface area contributed by atoms with E-state index < -0.39 is 10.8 Å². The Labute approximate surface area is 205 Å². The number of nitro benzene ring substituents is 1. The topological polar surface area (TPSA) is 121 Å². The van der Waals surface area contributed by atoms with Gasteiger partial charge in [0.05, 0.1) is 17.2 Å². The SMILES string of the molecule is CCOCCOc1nc(-c2ccc(F)cc2)n(-c2ccc(NC(=O)c3ccc([N+](=O)[O-])cc3)cc2)n1. The second-order valence-corrected chi connectivity index (χ2v) is 7.49. The van der Waals surface area contributed by atoms with Crippen LogP contribution in [0, 0.1) is 15.9 Å². The number of carbonyl (C=O) groups is 1. The van der Waals surface area contributed by atoms with E-state index in [0.717, 1.165) is 0 Å². The molecule has 4 aromatic rings. The molecule has 1 aromatic heterocycles. The molecule has 0 unspecified atom stereocenters. The highest BCUT2D eigenvalue weighted by Crippen LogP contribution is 2.25. The zero-order chi connectivity index (χ0) is 25.5. The van der Waals surface area contributed by atoms with Gasteiger partial charge in [-0.05, 0) is 67.6 Å². The van der Waals surface area contributed by atoms with Gasteiger partial charge in [-0.15, -0.1) is 5.10 Å². The van der Waals surface area contributed by atoms with Crippen LogP contribution in [0.3, 0.4) is 0 Å². The molecular weight excluding hydrogens is 469 g/mol. The van der Waals surface area contributed by atoms with Crippen molar-refractivity contribution in [3.63, 3.8) is 0 Å². The number of nitro groups is 1. The molecular formula is C25H22FN5O5. The summed E-state index contributed by atoms with van der Waals surface area (Å²) < 4.78 is 25.9. The molecule has 1 heterocycles. The molecule has 0 aliphatic rings. The van der Waals surface area contributed by atoms with Crippen molar-refractivity contribution < 1.29 is 23.6 Å². The van der Waals surface area contributed by atoms with E-state index in [1.807, 2.05) is 6.92 Å². The number of amides is 1. The van der Waals surface area contributed by atoms with Gasteiger partial charge in [0.1, 0.15) is 12.4 Å². The van der Waals surface area contributed by atoms with Crippen molar-refractivity contribution in [3.05, 3.63) is 94.3 Å². The predicted molar refractivity (Wildman–Crippen MR) is 130 cm³/mol. The van der Waals surface area contributed by atoms with Crippen molar-refractivity contribution in [1.29, 1.82) is 0 Å². The molecule has 36 heavy (non-hydrogen) atoms. The molecule has 0 fully saturated rings. The Morgan fingerprint density at radius 1 is 1.03 bits per heavy atom. The number of nitrogens with one attached hydrogen (secondary N) is 1. The third-order valence-electron chi connectivity index (χ3n) is 5.06. The molecule has 3 aromatic carbocycles. The molecule has 184 valence electrons. The molecule has 0 saturated carbocycles. The quantitative estimate of drug-likeness (QED) is 0.195. The van der Waals surface area contributed by atoms with Gasteiger partial charge in [-0.3, -0.25) is 14.9 Å². The lowest BCUT2D eigenvalue weighted by Crippen LogP contribution is -2.12. The highest BCUT2D eigenvalue weighted by molar-refractivity contribution is 6.04. The van der Waals surface area contributed by atoms with E-state index in [4.69, 9.17) is 9.47 Å². The Kier molecular flexibility index (Phi) is 7.61. The lowest BCUT2D eigenvalue weighted by atomic mass is 10.2. The number of rotatable bonds is 10. The summed E-state index contributed by atoms with van der Waals surface area (Å²) in [4.78, 5) is 27.2. The summed E-state index contributed by atoms with van der Waals surface area (Å²) in [5, 5.41) is 18.0. The standard InChI is InChI=1S/C25H22FN5O5/c1-2-35-15-16-36-25-28-23(17-3-7-19(26)8-4-17)30(29-25)21-13-9-20(10-14-21)27-24(32)18-5-11-22(12-6-18)31(33)34/h3-14H,2,15-16H2,1H3,(H,27,32). The van der Waals surface area contributed by atoms with E-state index in [9.17, 15) is 19.3 Å². The van der Waals surface area contributed by atoms with Gasteiger partial charge in [-0.2, -0.15) is 4.98 Å². The Hall–Kier alpha value is -4.64. The van der Waals surface area contributed by atoms with E-state index in [1.54, 1.807) is 41.1 Å². The third kappa shape index (κ3) is 5.88. The van der Waals surface area contributed by atoms with Crippen LogP contribution in [0.5, 0.6) is 6.01 Å². The van der Waals surface area contributed by atoms with E-state index in [1.165, 1.54) is 36.4 Å². The second-order valence-electron chi connectivity index (χ2n) is 7.49. The zero-order valence-corrected chi connectivity index (χ0v) is 19.3. The molecule has 4 rings (SSSR count). The molecule has 0 aliphatic carbocycles. The summed E-state index contributed by atoms with van der Waals surface area (Å²) in [6.45, 7) is 3.12. The van der Waals surface area contributed by atoms with Crippen LogP contribution in [0.2, 0.25) is 0 Å². The summed E-state index contributed by atoms with van der Waals surface area (Å²) >= 11 is 0. The van der Waals surface area contributed by atoms with E-state index in [-0.39, 0.29) is 29.7 Å². The van der Waals surface area contributed by atoms with Crippen molar-refractivity contribution in [2.24, 2.45) is 0 Å². The van der Waals surface area contributed by atoms with Crippen LogP contribution in [0.4, 0.5) is 15.8 Å². The van der Waals surface area contributed by atoms with Crippen molar-refractivity contribution in [2.45, 2.75) is 6.92 Å². The largest absolute Gasteiger partial charge is 0.460 e. The van der Waals surface area contributed by atoms with Gasteiger partial charge in [0.15, 0.2) is 5.82 Å². The normalized spacial score (nSPS) is 10.7. The third-order valence-corrected chi connectivity index (χ3v) is 5.06. The minimum atomic E-state index is -0.528. The number of nitrogens with zero attached hydrogens (tertiary/aromatic N) is 4. The number of non-ortho nitro benzene ring substituents is 1. The number of aromatic nitrogens is 3. The maximum absolute atomic E-state index is 13.5. The van der Waals surface area contributed by atoms with Crippen molar-refractivity contribution in [3.8, 4) is 23.1 Å². The van der Waals surface area contributed by atoms with Gasteiger partial charge >= 0.3 is 6.01 Å². The number of halogens is 1. The summed E-state index contributed by atoms with van der Waals surface area (Å²) in [6.07, 6.45) is 0. The smallest absolute Gasteiger partial charge is 0.336 e. The fraction of sp³-hybridized carbons (Fsp3) is 0.160. The lowest BCUT2D eigenvalue weighted by Gasteiger charge is -2.08. The minimum absolute atomic E-state index is 0.0954. The van der Waals surface area contributed by atoms with Crippen LogP contribution >= 0.6 is 0 Å². The highest BCUT2D eigenvalue weighted by atomic mass is 19.1. The van der Waals surface area contributed by atoms with Gasteiger partial charge in [-0.25, -0.2) is 9.07 Å². The van der Waals surface area contributed by atoms with E-state index in [2.05, 4.69) is 15.4 Å². The van der Waals surface area contributed by atoms with E-state index >= 15 is 0 Å². The summed E-state index contributed by atoms with van der Waals surface area (Å²) in [6, 6.07) is 18.2. The first-order valence-electron chi connectivity index (χ1n) is 11.0. The van der Waals surface area contributed by atoms with Gasteiger partial charge in [0.25, 0.3) is 11.6 Å². The van der Waals surface area contributed by atoms with Gasteiger partial charge < -0.3 is 14.8 Å². The lowest BCUT2D eigenvalue weighted by molar-refractivity contribution is -0.384. The zero-order valence-electron chi connectivity index (χ0n) is 19.3. The molecule has 1 N–H and O–H groups in total. The molecule has 0 aliphatic heterocycles. The Morgan fingerprint density at radius 3 is 2.36 bits per heavy atom. The van der Waals surface area contributed by atoms with Crippen LogP contribution < -0.4 is 10.1 Å². The molecule has 0 bridgehead atoms. The van der Waals surface area contributed by atoms with Gasteiger partial charge in [0, 0.05) is 35.6 Å². The Morgan fingerprint density at radius 2 is 1.72 bits per heavy atom. The first-order valence-corrected chi connectivity index (χ1v) is 11.0. The van der Waals surface area contributed by atoms with Crippen molar-refractivity contribution in [1.82, 2.24) is 14.8 Å². The number of anilines is 1. The molecule has 0 spiro atoms. The molecule has 0 radical (unpaired) electrons. The fourth-order valence-electron chi connectivity index (χ4n) is 3.28. The predicted octanol–water partition coefficient (Wildman–Crippen LogP) is 4.65. The van der Waals surface area contributed by atoms with Crippen LogP contribution in [0.25, 0.3) is 17.1 Å². The number of carbonyl (C=O) groups excluding carboxylic acids is 1. The van der Waals surface area contributed by atoms with Gasteiger partial charge in [-0.1, -0.05) is 0 Å². The second kappa shape index (κ2) is 11.2. The minimum Gasteiger partial charge on any atom is -0.460 e. The first-order chi connectivity index (χ1) is 17.4. The molecule has 11 heteroatoms. The number of ether oxygens (including phenoxy) is 2. The number of hydrogen-bond acceptors (Lipinski definition) is 7. The Balaban J connectivity index is 1.54. The Bertz CT molecular complexity index is 1340. The molecule has 10 nitrogen and oxygen atoms in total. The highest BCUT2D eigenvalue weighted by Gasteiger charge is 2.16. The van der Waals surface area contributed by atoms with Crippen LogP contribution in [-0.4, -0.2) is 45.4 Å². The fourth-order valence-corrected chi connectivity index (χ4v) is 3.28. The molecule has 0 saturated heterocycles. The summed E-state index contributed by atoms with van der Waals surface area (Å²) in [7, 11) is 0. The number of benzene rings is 3. The summed E-state index contributed by atoms with van der Waals surface area (Å²) in [5.41, 5.74) is 1.97. The molecule has 0 atom stereocenters. The summed E-state index contributed by atoms with van der Waals surface area (Å²) in [5.74, 6) is -0.328. The van der Waals surface area contributed by atoms with Crippen LogP contribution in [0.1, 0.15) is 17.3 Å². The van der Waals surface area contributed by atoms with Crippen molar-refractivity contribution >= 4 is 17.3 Å². The van der Waals surface area contributed by atoms with Gasteiger partial charge in [0.2, 0.25) is 0 Å². The van der Waals surface area contributed by atoms with Crippen molar-refractivity contribution in [2.75, 3.05) is 25.1 Å². The number of hydrogen-bond donors (Lipinski definition) is 1. The maximum Gasteiger partial charge on any atom is 0.336 e. The molecule has 1 amide bonds. The van der Waals surface area contributed by atoms with E-state index in [0.29, 0.717) is 36.0 Å².